The first-order valence-corrected chi connectivity index (χ1v) is 14.5. The number of aromatic hydroxyl groups is 1. The summed E-state index contributed by atoms with van der Waals surface area (Å²) in [6.45, 7) is 9.00. The molecule has 11 heteroatoms. The Kier molecular flexibility index (Phi) is 13.1. The van der Waals surface area contributed by atoms with Crippen LogP contribution in [0.3, 0.4) is 0 Å². The van der Waals surface area contributed by atoms with Gasteiger partial charge in [0.25, 0.3) is 5.91 Å². The fourth-order valence-corrected chi connectivity index (χ4v) is 4.72. The van der Waals surface area contributed by atoms with Crippen molar-refractivity contribution < 1.29 is 29.0 Å². The summed E-state index contributed by atoms with van der Waals surface area (Å²) in [5.74, 6) is -2.21. The largest absolute Gasteiger partial charge is 0.508 e. The van der Waals surface area contributed by atoms with Crippen LogP contribution in [0.2, 0.25) is 5.02 Å². The Bertz CT molecular complexity index is 1230. The van der Waals surface area contributed by atoms with Crippen LogP contribution < -0.4 is 16.4 Å². The summed E-state index contributed by atoms with van der Waals surface area (Å²) in [5, 5.41) is 15.9. The third-order valence-corrected chi connectivity index (χ3v) is 6.71. The quantitative estimate of drug-likeness (QED) is 0.207. The SMILES string of the molecule is CCCCCCCN(C(=O)C(CC(N)=O)NC(=O)OC(C)(C)C)C(C(=O)Nc1c(C)cccc1Cl)c1cccc(O)c1. The molecule has 42 heavy (non-hydrogen) atoms. The molecule has 0 aromatic heterocycles. The monoisotopic (exact) mass is 602 g/mol. The summed E-state index contributed by atoms with van der Waals surface area (Å²) < 4.78 is 5.32. The van der Waals surface area contributed by atoms with Gasteiger partial charge in [-0.1, -0.05) is 68.5 Å². The summed E-state index contributed by atoms with van der Waals surface area (Å²) in [6, 6.07) is 8.56. The number of nitrogens with one attached hydrogen (secondary N) is 2. The normalized spacial score (nSPS) is 12.6. The lowest BCUT2D eigenvalue weighted by molar-refractivity contribution is -0.142. The Balaban J connectivity index is 2.58. The Labute approximate surface area is 252 Å². The topological polar surface area (TPSA) is 151 Å². The van der Waals surface area contributed by atoms with Crippen LogP contribution in [0.1, 0.15) is 83.4 Å². The number of amides is 4. The Morgan fingerprint density at radius 3 is 2.31 bits per heavy atom. The van der Waals surface area contributed by atoms with E-state index in [1.165, 1.54) is 17.0 Å². The van der Waals surface area contributed by atoms with Gasteiger partial charge in [0.05, 0.1) is 17.1 Å². The first kappa shape index (κ1) is 34.4. The van der Waals surface area contributed by atoms with Gasteiger partial charge in [-0.05, 0) is 63.4 Å². The van der Waals surface area contributed by atoms with E-state index in [2.05, 4.69) is 17.6 Å². The van der Waals surface area contributed by atoms with Crippen LogP contribution >= 0.6 is 11.6 Å². The predicted molar refractivity (Wildman–Crippen MR) is 163 cm³/mol. The molecule has 0 bridgehead atoms. The first-order valence-electron chi connectivity index (χ1n) is 14.2. The number of phenols is 1. The molecule has 0 saturated heterocycles. The number of hydrogen-bond donors (Lipinski definition) is 4. The van der Waals surface area contributed by atoms with E-state index in [-0.39, 0.29) is 12.3 Å². The molecule has 0 aliphatic heterocycles. The second-order valence-electron chi connectivity index (χ2n) is 11.2. The van der Waals surface area contributed by atoms with Crippen molar-refractivity contribution in [2.24, 2.45) is 5.73 Å². The van der Waals surface area contributed by atoms with Gasteiger partial charge in [-0.15, -0.1) is 0 Å². The van der Waals surface area contributed by atoms with Crippen LogP contribution in [0.4, 0.5) is 10.5 Å². The number of halogens is 1. The maximum Gasteiger partial charge on any atom is 0.408 e. The number of carbonyl (C=O) groups excluding carboxylic acids is 4. The zero-order chi connectivity index (χ0) is 31.4. The number of nitrogens with two attached hydrogens (primary N) is 1. The van der Waals surface area contributed by atoms with E-state index in [1.807, 2.05) is 0 Å². The van der Waals surface area contributed by atoms with Crippen LogP contribution in [-0.4, -0.2) is 52.0 Å². The van der Waals surface area contributed by atoms with E-state index in [1.54, 1.807) is 58.0 Å². The van der Waals surface area contributed by atoms with Crippen molar-refractivity contribution in [3.05, 3.63) is 58.6 Å². The molecule has 10 nitrogen and oxygen atoms in total. The molecule has 0 aliphatic rings. The zero-order valence-corrected chi connectivity index (χ0v) is 25.8. The minimum Gasteiger partial charge on any atom is -0.508 e. The first-order chi connectivity index (χ1) is 19.7. The zero-order valence-electron chi connectivity index (χ0n) is 25.0. The third-order valence-electron chi connectivity index (χ3n) is 6.40. The van der Waals surface area contributed by atoms with E-state index in [0.717, 1.165) is 25.7 Å². The second-order valence-corrected chi connectivity index (χ2v) is 11.6. The van der Waals surface area contributed by atoms with Gasteiger partial charge in [0.2, 0.25) is 11.8 Å². The summed E-state index contributed by atoms with van der Waals surface area (Å²) in [7, 11) is 0. The van der Waals surface area contributed by atoms with Crippen LogP contribution in [0.5, 0.6) is 5.75 Å². The molecule has 2 aromatic carbocycles. The molecule has 2 unspecified atom stereocenters. The maximum atomic E-state index is 14.2. The van der Waals surface area contributed by atoms with Crippen LogP contribution in [0, 0.1) is 6.92 Å². The van der Waals surface area contributed by atoms with Gasteiger partial charge in [-0.2, -0.15) is 0 Å². The molecule has 0 aliphatic carbocycles. The van der Waals surface area contributed by atoms with Gasteiger partial charge < -0.3 is 31.1 Å². The van der Waals surface area contributed by atoms with Crippen molar-refractivity contribution in [2.45, 2.75) is 90.8 Å². The molecule has 2 aromatic rings. The summed E-state index contributed by atoms with van der Waals surface area (Å²) >= 11 is 6.39. The number of nitrogens with zero attached hydrogens (tertiary/aromatic N) is 1. The smallest absolute Gasteiger partial charge is 0.408 e. The number of carbonyl (C=O) groups is 4. The van der Waals surface area contributed by atoms with Crippen molar-refractivity contribution >= 4 is 41.1 Å². The number of phenolic OH excluding ortho intramolecular Hbond substituents is 1. The van der Waals surface area contributed by atoms with Crippen LogP contribution in [-0.2, 0) is 19.1 Å². The number of unbranched alkanes of at least 4 members (excludes halogenated alkanes) is 4. The van der Waals surface area contributed by atoms with Crippen LogP contribution in [0.25, 0.3) is 0 Å². The lowest BCUT2D eigenvalue weighted by Crippen LogP contribution is -2.53. The average molecular weight is 603 g/mol. The van der Waals surface area contributed by atoms with Crippen molar-refractivity contribution in [1.29, 1.82) is 0 Å². The fraction of sp³-hybridized carbons (Fsp3) is 0.484. The van der Waals surface area contributed by atoms with E-state index in [9.17, 15) is 24.3 Å². The number of hydrogen-bond acceptors (Lipinski definition) is 6. The Morgan fingerprint density at radius 1 is 1.05 bits per heavy atom. The fourth-order valence-electron chi connectivity index (χ4n) is 4.45. The summed E-state index contributed by atoms with van der Waals surface area (Å²) in [5.41, 5.74) is 6.02. The highest BCUT2D eigenvalue weighted by molar-refractivity contribution is 6.34. The number of rotatable bonds is 14. The van der Waals surface area contributed by atoms with Crippen molar-refractivity contribution in [1.82, 2.24) is 10.2 Å². The number of primary amides is 1. The average Bonchev–Trinajstić information content (AvgIpc) is 2.88. The standard InChI is InChI=1S/C31H43ClN4O6/c1-6-7-8-9-10-17-36(29(40)24(19-25(33)38)34-30(41)42-31(3,4)5)27(21-14-12-15-22(37)18-21)28(39)35-26-20(2)13-11-16-23(26)32/h11-16,18,24,27,37H,6-10,17,19H2,1-5H3,(H2,33,38)(H,34,41)(H,35,39). The highest BCUT2D eigenvalue weighted by Crippen LogP contribution is 2.31. The van der Waals surface area contributed by atoms with Crippen molar-refractivity contribution in [2.75, 3.05) is 11.9 Å². The highest BCUT2D eigenvalue weighted by atomic mass is 35.5. The second kappa shape index (κ2) is 16.0. The Hall–Kier alpha value is -3.79. The molecule has 0 fully saturated rings. The molecule has 5 N–H and O–H groups in total. The molecule has 0 spiro atoms. The number of aryl methyl sites for hydroxylation is 1. The number of anilines is 1. The number of ether oxygens (including phenoxy) is 1. The summed E-state index contributed by atoms with van der Waals surface area (Å²) in [4.78, 5) is 54.2. The molecule has 0 heterocycles. The van der Waals surface area contributed by atoms with Crippen molar-refractivity contribution in [3.63, 3.8) is 0 Å². The number of alkyl carbamates (subject to hydrolysis) is 1. The molecule has 230 valence electrons. The lowest BCUT2D eigenvalue weighted by Gasteiger charge is -2.34. The molecule has 4 amide bonds. The predicted octanol–water partition coefficient (Wildman–Crippen LogP) is 5.60. The molecule has 0 saturated carbocycles. The molecular formula is C31H43ClN4O6. The van der Waals surface area contributed by atoms with Gasteiger partial charge in [0.1, 0.15) is 23.4 Å². The van der Waals surface area contributed by atoms with Gasteiger partial charge >= 0.3 is 6.09 Å². The molecule has 2 rings (SSSR count). The summed E-state index contributed by atoms with van der Waals surface area (Å²) in [6.07, 6.45) is 2.89. The maximum absolute atomic E-state index is 14.2. The van der Waals surface area contributed by atoms with E-state index < -0.39 is 47.9 Å². The molecule has 0 radical (unpaired) electrons. The van der Waals surface area contributed by atoms with Gasteiger partial charge in [-0.3, -0.25) is 14.4 Å². The third kappa shape index (κ3) is 10.9. The van der Waals surface area contributed by atoms with Gasteiger partial charge in [0, 0.05) is 6.54 Å². The molecular weight excluding hydrogens is 560 g/mol. The number of benzene rings is 2. The Morgan fingerprint density at radius 2 is 1.71 bits per heavy atom. The van der Waals surface area contributed by atoms with Crippen molar-refractivity contribution in [3.8, 4) is 5.75 Å². The number of para-hydroxylation sites is 1. The van der Waals surface area contributed by atoms with E-state index in [4.69, 9.17) is 22.1 Å². The highest BCUT2D eigenvalue weighted by Gasteiger charge is 2.37. The molecule has 2 atom stereocenters. The minimum atomic E-state index is -1.40. The van der Waals surface area contributed by atoms with E-state index >= 15 is 0 Å². The lowest BCUT2D eigenvalue weighted by atomic mass is 10.0. The van der Waals surface area contributed by atoms with E-state index in [0.29, 0.717) is 28.3 Å². The van der Waals surface area contributed by atoms with Gasteiger partial charge in [0.15, 0.2) is 0 Å². The van der Waals surface area contributed by atoms with Crippen LogP contribution in [0.15, 0.2) is 42.5 Å². The minimum absolute atomic E-state index is 0.102. The van der Waals surface area contributed by atoms with Gasteiger partial charge in [-0.25, -0.2) is 4.79 Å².